The topological polar surface area (TPSA) is 78.9 Å². The summed E-state index contributed by atoms with van der Waals surface area (Å²) in [7, 11) is 0. The van der Waals surface area contributed by atoms with E-state index < -0.39 is 6.10 Å². The Balaban J connectivity index is 4.21. The van der Waals surface area contributed by atoms with Gasteiger partial charge in [-0.15, -0.1) is 0 Å². The molecule has 0 heterocycles. The minimum atomic E-state index is -0.768. The van der Waals surface area contributed by atoms with E-state index in [0.29, 0.717) is 19.3 Å². The van der Waals surface area contributed by atoms with Gasteiger partial charge in [0.15, 0.2) is 6.10 Å². The van der Waals surface area contributed by atoms with E-state index in [4.69, 9.17) is 14.2 Å². The number of unbranched alkanes of at least 4 members (excludes halogenated alkanes) is 49. The smallest absolute Gasteiger partial charge is 0.306 e. The van der Waals surface area contributed by atoms with Crippen LogP contribution in [0.4, 0.5) is 0 Å². The first-order valence-corrected chi connectivity index (χ1v) is 35.5. The van der Waals surface area contributed by atoms with Crippen LogP contribution in [0.1, 0.15) is 393 Å². The van der Waals surface area contributed by atoms with Crippen LogP contribution in [0, 0.1) is 0 Å². The Kier molecular flexibility index (Phi) is 66.1. The molecule has 0 amide bonds. The van der Waals surface area contributed by atoms with E-state index in [1.54, 1.807) is 0 Å². The van der Waals surface area contributed by atoms with E-state index in [0.717, 1.165) is 70.6 Å². The highest BCUT2D eigenvalue weighted by molar-refractivity contribution is 5.71. The molecule has 0 aromatic rings. The van der Waals surface area contributed by atoms with Crippen LogP contribution < -0.4 is 0 Å². The number of hydrogen-bond donors (Lipinski definition) is 0. The number of allylic oxidation sites excluding steroid dienone is 6. The van der Waals surface area contributed by atoms with Gasteiger partial charge in [0.25, 0.3) is 0 Å². The first-order chi connectivity index (χ1) is 39.0. The minimum absolute atomic E-state index is 0.0650. The van der Waals surface area contributed by atoms with Gasteiger partial charge >= 0.3 is 17.9 Å². The number of esters is 3. The van der Waals surface area contributed by atoms with Gasteiger partial charge in [0.1, 0.15) is 13.2 Å². The molecule has 464 valence electrons. The van der Waals surface area contributed by atoms with E-state index in [2.05, 4.69) is 57.2 Å². The Labute approximate surface area is 493 Å². The van der Waals surface area contributed by atoms with Gasteiger partial charge in [-0.2, -0.15) is 0 Å². The molecule has 6 nitrogen and oxygen atoms in total. The van der Waals surface area contributed by atoms with Crippen LogP contribution in [0.2, 0.25) is 0 Å². The quantitative estimate of drug-likeness (QED) is 0.0261. The fourth-order valence-corrected chi connectivity index (χ4v) is 10.8. The molecule has 0 aromatic carbocycles. The van der Waals surface area contributed by atoms with Gasteiger partial charge in [0.2, 0.25) is 0 Å². The summed E-state index contributed by atoms with van der Waals surface area (Å²) in [5, 5.41) is 0. The summed E-state index contributed by atoms with van der Waals surface area (Å²) in [4.78, 5) is 38.4. The summed E-state index contributed by atoms with van der Waals surface area (Å²) in [6, 6.07) is 0. The Morgan fingerprint density at radius 1 is 0.253 bits per heavy atom. The molecule has 0 fully saturated rings. The Morgan fingerprint density at radius 2 is 0.456 bits per heavy atom. The van der Waals surface area contributed by atoms with Crippen molar-refractivity contribution in [3.8, 4) is 0 Å². The second-order valence-electron chi connectivity index (χ2n) is 24.2. The van der Waals surface area contributed by atoms with Crippen LogP contribution in [0.5, 0.6) is 0 Å². The molecule has 0 N–H and O–H groups in total. The van der Waals surface area contributed by atoms with Crippen LogP contribution in [-0.4, -0.2) is 37.2 Å². The highest BCUT2D eigenvalue weighted by Crippen LogP contribution is 2.19. The fraction of sp³-hybridized carbons (Fsp3) is 0.877. The lowest BCUT2D eigenvalue weighted by atomic mass is 10.0. The molecular weight excluding hydrogens is 973 g/mol. The molecular formula is C73H136O6. The van der Waals surface area contributed by atoms with Crippen molar-refractivity contribution in [2.45, 2.75) is 399 Å². The number of ether oxygens (including phenoxy) is 3. The van der Waals surface area contributed by atoms with E-state index in [1.807, 2.05) is 0 Å². The van der Waals surface area contributed by atoms with Crippen molar-refractivity contribution in [2.24, 2.45) is 0 Å². The Hall–Kier alpha value is -2.37. The lowest BCUT2D eigenvalue weighted by Crippen LogP contribution is -2.30. The molecule has 0 saturated heterocycles. The third-order valence-electron chi connectivity index (χ3n) is 16.1. The van der Waals surface area contributed by atoms with Crippen LogP contribution in [0.25, 0.3) is 0 Å². The van der Waals surface area contributed by atoms with Crippen molar-refractivity contribution in [3.05, 3.63) is 36.5 Å². The van der Waals surface area contributed by atoms with E-state index in [9.17, 15) is 14.4 Å². The molecule has 1 unspecified atom stereocenters. The average Bonchev–Trinajstić information content (AvgIpc) is 3.45. The lowest BCUT2D eigenvalue weighted by Gasteiger charge is -2.18. The summed E-state index contributed by atoms with van der Waals surface area (Å²) in [6.45, 7) is 6.71. The number of carbonyl (C=O) groups is 3. The molecule has 0 bridgehead atoms. The Morgan fingerprint density at radius 3 is 0.709 bits per heavy atom. The monoisotopic (exact) mass is 1110 g/mol. The van der Waals surface area contributed by atoms with Crippen LogP contribution in [0.3, 0.4) is 0 Å². The predicted octanol–water partition coefficient (Wildman–Crippen LogP) is 24.3. The summed E-state index contributed by atoms with van der Waals surface area (Å²) >= 11 is 0. The van der Waals surface area contributed by atoms with Gasteiger partial charge < -0.3 is 14.2 Å². The second-order valence-corrected chi connectivity index (χ2v) is 24.2. The maximum absolute atomic E-state index is 12.9. The summed E-state index contributed by atoms with van der Waals surface area (Å²) in [5.41, 5.74) is 0. The van der Waals surface area contributed by atoms with E-state index in [1.165, 1.54) is 283 Å². The fourth-order valence-electron chi connectivity index (χ4n) is 10.8. The van der Waals surface area contributed by atoms with E-state index >= 15 is 0 Å². The minimum Gasteiger partial charge on any atom is -0.462 e. The molecule has 0 aliphatic heterocycles. The zero-order chi connectivity index (χ0) is 57.1. The number of rotatable bonds is 66. The highest BCUT2D eigenvalue weighted by atomic mass is 16.6. The molecule has 79 heavy (non-hydrogen) atoms. The third kappa shape index (κ3) is 66.3. The Bertz CT molecular complexity index is 1320. The molecule has 6 heteroatoms. The maximum Gasteiger partial charge on any atom is 0.306 e. The molecule has 1 atom stereocenters. The summed E-state index contributed by atoms with van der Waals surface area (Å²) < 4.78 is 17.0. The zero-order valence-electron chi connectivity index (χ0n) is 53.4. The molecule has 0 saturated carbocycles. The number of carbonyl (C=O) groups excluding carboxylic acids is 3. The van der Waals surface area contributed by atoms with Crippen molar-refractivity contribution in [3.63, 3.8) is 0 Å². The third-order valence-corrected chi connectivity index (χ3v) is 16.1. The molecule has 0 rings (SSSR count). The summed E-state index contributed by atoms with van der Waals surface area (Å²) in [6.07, 6.45) is 84.5. The highest BCUT2D eigenvalue weighted by Gasteiger charge is 2.19. The van der Waals surface area contributed by atoms with Gasteiger partial charge in [-0.25, -0.2) is 0 Å². The predicted molar refractivity (Wildman–Crippen MR) is 344 cm³/mol. The van der Waals surface area contributed by atoms with Crippen LogP contribution >= 0.6 is 0 Å². The molecule has 0 aliphatic carbocycles. The van der Waals surface area contributed by atoms with Crippen LogP contribution in [0.15, 0.2) is 36.5 Å². The van der Waals surface area contributed by atoms with Gasteiger partial charge in [-0.05, 0) is 57.8 Å². The second kappa shape index (κ2) is 68.1. The largest absolute Gasteiger partial charge is 0.462 e. The zero-order valence-corrected chi connectivity index (χ0v) is 53.4. The summed E-state index contributed by atoms with van der Waals surface area (Å²) in [5.74, 6) is -0.834. The standard InChI is InChI=1S/C73H136O6/c1-4-7-10-13-16-19-22-25-28-31-32-33-34-35-36-37-38-39-40-41-42-43-46-48-51-54-57-60-63-66-72(75)78-69-70(79-73(76)67-64-61-58-55-52-49-45-30-27-24-21-18-15-12-9-6-3)68-77-71(74)65-62-59-56-53-50-47-44-29-26-23-20-17-14-11-8-5-2/h22,25,31-32,34-35,70H,4-21,23-24,26-30,33,36-69H2,1-3H3/b25-22-,32-31-,35-34-. The van der Waals surface area contributed by atoms with Crippen LogP contribution in [-0.2, 0) is 28.6 Å². The average molecular weight is 1110 g/mol. The van der Waals surface area contributed by atoms with Crippen molar-refractivity contribution < 1.29 is 28.6 Å². The molecule has 0 spiro atoms. The number of hydrogen-bond acceptors (Lipinski definition) is 6. The van der Waals surface area contributed by atoms with E-state index in [-0.39, 0.29) is 31.1 Å². The molecule has 0 aromatic heterocycles. The van der Waals surface area contributed by atoms with Crippen molar-refractivity contribution in [1.82, 2.24) is 0 Å². The SMILES string of the molecule is CCCCCCC/C=C\C/C=C\C/C=C\CCCCCCCCCCCCCCCCC(=O)OCC(COC(=O)CCCCCCCCCCCCCCCCCC)OC(=O)CCCCCCCCCCCCCCCCCC. The first kappa shape index (κ1) is 76.6. The van der Waals surface area contributed by atoms with Crippen molar-refractivity contribution >= 4 is 17.9 Å². The van der Waals surface area contributed by atoms with Crippen molar-refractivity contribution in [1.29, 1.82) is 0 Å². The lowest BCUT2D eigenvalue weighted by molar-refractivity contribution is -0.167. The van der Waals surface area contributed by atoms with Gasteiger partial charge in [-0.1, -0.05) is 353 Å². The van der Waals surface area contributed by atoms with Crippen molar-refractivity contribution in [2.75, 3.05) is 13.2 Å². The first-order valence-electron chi connectivity index (χ1n) is 35.5. The maximum atomic E-state index is 12.9. The normalized spacial score (nSPS) is 12.2. The van der Waals surface area contributed by atoms with Gasteiger partial charge in [0, 0.05) is 19.3 Å². The van der Waals surface area contributed by atoms with Gasteiger partial charge in [0.05, 0.1) is 0 Å². The molecule has 0 radical (unpaired) electrons. The van der Waals surface area contributed by atoms with Gasteiger partial charge in [-0.3, -0.25) is 14.4 Å². The molecule has 0 aliphatic rings.